The van der Waals surface area contributed by atoms with Gasteiger partial charge in [-0.15, -0.1) is 0 Å². The van der Waals surface area contributed by atoms with Gasteiger partial charge in [0.05, 0.1) is 25.3 Å². The van der Waals surface area contributed by atoms with Gasteiger partial charge in [-0.05, 0) is 35.9 Å². The number of aliphatic hydroxyl groups excluding tert-OH is 1. The Balaban J connectivity index is 1.72. The Kier molecular flexibility index (Phi) is 7.00. The molecule has 30 heavy (non-hydrogen) atoms. The minimum absolute atomic E-state index is 0.228. The van der Waals surface area contributed by atoms with Crippen LogP contribution in [0.25, 0.3) is 11.3 Å². The van der Waals surface area contributed by atoms with E-state index < -0.39 is 18.0 Å². The number of quaternary nitrogens is 1. The fourth-order valence-corrected chi connectivity index (χ4v) is 3.08. The number of rotatable bonds is 8. The first-order valence-electron chi connectivity index (χ1n) is 9.47. The zero-order valence-electron chi connectivity index (χ0n) is 16.8. The zero-order chi connectivity index (χ0) is 21.5. The highest BCUT2D eigenvalue weighted by Gasteiger charge is 2.17. The molecule has 0 spiro atoms. The van der Waals surface area contributed by atoms with Crippen molar-refractivity contribution in [2.45, 2.75) is 12.6 Å². The second kappa shape index (κ2) is 9.87. The van der Waals surface area contributed by atoms with E-state index in [0.717, 1.165) is 5.56 Å². The highest BCUT2D eigenvalue weighted by molar-refractivity contribution is 5.97. The lowest BCUT2D eigenvalue weighted by molar-refractivity contribution is -0.679. The van der Waals surface area contributed by atoms with Gasteiger partial charge in [0.2, 0.25) is 0 Å². The lowest BCUT2D eigenvalue weighted by Gasteiger charge is -2.09. The van der Waals surface area contributed by atoms with Crippen LogP contribution in [0.15, 0.2) is 65.1 Å². The van der Waals surface area contributed by atoms with Crippen LogP contribution in [0, 0.1) is 0 Å². The monoisotopic (exact) mass is 410 g/mol. The molecule has 0 aliphatic heterocycles. The van der Waals surface area contributed by atoms with E-state index in [4.69, 9.17) is 13.9 Å². The summed E-state index contributed by atoms with van der Waals surface area (Å²) < 4.78 is 15.4. The van der Waals surface area contributed by atoms with E-state index >= 15 is 0 Å². The molecule has 0 bridgehead atoms. The fourth-order valence-electron chi connectivity index (χ4n) is 3.08. The third-order valence-corrected chi connectivity index (χ3v) is 4.64. The largest absolute Gasteiger partial charge is 0.465 e. The van der Waals surface area contributed by atoms with Gasteiger partial charge in [0.1, 0.15) is 25.0 Å². The van der Waals surface area contributed by atoms with Crippen molar-refractivity contribution in [1.82, 2.24) is 0 Å². The van der Waals surface area contributed by atoms with Crippen LogP contribution >= 0.6 is 0 Å². The molecule has 0 unspecified atom stereocenters. The van der Waals surface area contributed by atoms with Gasteiger partial charge >= 0.3 is 11.9 Å². The van der Waals surface area contributed by atoms with Gasteiger partial charge < -0.3 is 24.3 Å². The molecule has 1 aromatic heterocycles. The first kappa shape index (κ1) is 21.3. The molecule has 156 valence electrons. The number of furan rings is 1. The molecule has 0 saturated carbocycles. The molecular weight excluding hydrogens is 386 g/mol. The zero-order valence-corrected chi connectivity index (χ0v) is 16.8. The Hall–Kier alpha value is -3.42. The molecule has 0 radical (unpaired) electrons. The molecule has 0 aliphatic rings. The smallest absolute Gasteiger partial charge is 0.337 e. The van der Waals surface area contributed by atoms with Gasteiger partial charge in [0, 0.05) is 5.56 Å². The number of aliphatic hydroxyl groups is 1. The van der Waals surface area contributed by atoms with Gasteiger partial charge in [-0.2, -0.15) is 0 Å². The lowest BCUT2D eigenvalue weighted by atomic mass is 10.0. The standard InChI is InChI=1S/C23H23NO6/c1-28-22(26)17-10-16(11-18(12-17)23(27)29-2)21-9-8-19(30-21)13-24-14-20(25)15-6-4-3-5-7-15/h3-12,20,24-25H,13-14H2,1-2H3/p+1/t20-/m1/s1. The Bertz CT molecular complexity index is 977. The molecule has 3 rings (SSSR count). The Labute approximate surface area is 174 Å². The molecule has 1 atom stereocenters. The van der Waals surface area contributed by atoms with Crippen molar-refractivity contribution in [3.63, 3.8) is 0 Å². The van der Waals surface area contributed by atoms with E-state index in [1.165, 1.54) is 20.3 Å². The van der Waals surface area contributed by atoms with Crippen molar-refractivity contribution >= 4 is 11.9 Å². The Morgan fingerprint density at radius 1 is 0.967 bits per heavy atom. The minimum Gasteiger partial charge on any atom is -0.465 e. The molecule has 7 heteroatoms. The number of ether oxygens (including phenoxy) is 2. The Morgan fingerprint density at radius 3 is 2.20 bits per heavy atom. The molecule has 3 aromatic rings. The second-order valence-corrected chi connectivity index (χ2v) is 6.70. The molecule has 0 saturated heterocycles. The average Bonchev–Trinajstić information content (AvgIpc) is 3.27. The number of carbonyl (C=O) groups is 2. The molecular formula is C23H24NO6+. The van der Waals surface area contributed by atoms with Gasteiger partial charge in [0.25, 0.3) is 0 Å². The summed E-state index contributed by atoms with van der Waals surface area (Å²) in [6.07, 6.45) is -0.569. The summed E-state index contributed by atoms with van der Waals surface area (Å²) in [7, 11) is 2.55. The summed E-state index contributed by atoms with van der Waals surface area (Å²) in [4.78, 5) is 23.9. The number of carbonyl (C=O) groups excluding carboxylic acids is 2. The SMILES string of the molecule is COC(=O)c1cc(C(=O)OC)cc(-c2ccc(C[NH2+]C[C@@H](O)c3ccccc3)o2)c1. The number of methoxy groups -OCH3 is 2. The number of esters is 2. The minimum atomic E-state index is -0.569. The summed E-state index contributed by atoms with van der Waals surface area (Å²) in [6.45, 7) is 1.02. The number of benzene rings is 2. The van der Waals surface area contributed by atoms with Crippen molar-refractivity contribution < 1.29 is 33.9 Å². The van der Waals surface area contributed by atoms with Gasteiger partial charge in [-0.3, -0.25) is 0 Å². The summed E-state index contributed by atoms with van der Waals surface area (Å²) >= 11 is 0. The van der Waals surface area contributed by atoms with Crippen molar-refractivity contribution in [2.24, 2.45) is 0 Å². The maximum atomic E-state index is 12.0. The molecule has 7 nitrogen and oxygen atoms in total. The maximum Gasteiger partial charge on any atom is 0.337 e. The highest BCUT2D eigenvalue weighted by atomic mass is 16.5. The van der Waals surface area contributed by atoms with Crippen LogP contribution in [0.4, 0.5) is 0 Å². The van der Waals surface area contributed by atoms with Gasteiger partial charge in [0.15, 0.2) is 5.76 Å². The highest BCUT2D eigenvalue weighted by Crippen LogP contribution is 2.25. The normalized spacial score (nSPS) is 11.7. The second-order valence-electron chi connectivity index (χ2n) is 6.70. The van der Waals surface area contributed by atoms with Crippen molar-refractivity contribution in [1.29, 1.82) is 0 Å². The number of hydrogen-bond acceptors (Lipinski definition) is 6. The summed E-state index contributed by atoms with van der Waals surface area (Å²) in [5.74, 6) is 0.0975. The molecule has 0 aliphatic carbocycles. The maximum absolute atomic E-state index is 12.0. The van der Waals surface area contributed by atoms with E-state index in [1.54, 1.807) is 18.2 Å². The van der Waals surface area contributed by atoms with E-state index in [1.807, 2.05) is 41.7 Å². The van der Waals surface area contributed by atoms with E-state index in [0.29, 0.717) is 30.2 Å². The third-order valence-electron chi connectivity index (χ3n) is 4.64. The molecule has 2 aromatic carbocycles. The third kappa shape index (κ3) is 5.14. The molecule has 0 amide bonds. The van der Waals surface area contributed by atoms with Crippen LogP contribution in [-0.4, -0.2) is 37.8 Å². The van der Waals surface area contributed by atoms with Crippen LogP contribution in [0.5, 0.6) is 0 Å². The predicted octanol–water partition coefficient (Wildman–Crippen LogP) is 2.32. The van der Waals surface area contributed by atoms with E-state index in [-0.39, 0.29) is 11.1 Å². The fraction of sp³-hybridized carbons (Fsp3) is 0.217. The van der Waals surface area contributed by atoms with Gasteiger partial charge in [-0.25, -0.2) is 9.59 Å². The predicted molar refractivity (Wildman–Crippen MR) is 109 cm³/mol. The van der Waals surface area contributed by atoms with Crippen molar-refractivity contribution in [3.8, 4) is 11.3 Å². The molecule has 0 fully saturated rings. The Morgan fingerprint density at radius 2 is 1.60 bits per heavy atom. The lowest BCUT2D eigenvalue weighted by Crippen LogP contribution is -2.83. The van der Waals surface area contributed by atoms with Crippen LogP contribution in [0.3, 0.4) is 0 Å². The first-order chi connectivity index (χ1) is 14.5. The van der Waals surface area contributed by atoms with Crippen LogP contribution in [0.1, 0.15) is 38.1 Å². The van der Waals surface area contributed by atoms with Crippen molar-refractivity contribution in [2.75, 3.05) is 20.8 Å². The molecule has 1 heterocycles. The van der Waals surface area contributed by atoms with Gasteiger partial charge in [-0.1, -0.05) is 30.3 Å². The number of nitrogens with two attached hydrogens (primary N) is 1. The summed E-state index contributed by atoms with van der Waals surface area (Å²) in [5.41, 5.74) is 1.88. The summed E-state index contributed by atoms with van der Waals surface area (Å²) in [5, 5.41) is 12.2. The van der Waals surface area contributed by atoms with E-state index in [2.05, 4.69) is 0 Å². The number of hydrogen-bond donors (Lipinski definition) is 2. The van der Waals surface area contributed by atoms with Crippen LogP contribution < -0.4 is 5.32 Å². The van der Waals surface area contributed by atoms with Crippen molar-refractivity contribution in [3.05, 3.63) is 83.1 Å². The quantitative estimate of drug-likeness (QED) is 0.553. The average molecular weight is 410 g/mol. The van der Waals surface area contributed by atoms with E-state index in [9.17, 15) is 14.7 Å². The van der Waals surface area contributed by atoms with Crippen LogP contribution in [0.2, 0.25) is 0 Å². The first-order valence-corrected chi connectivity index (χ1v) is 9.47. The molecule has 3 N–H and O–H groups in total. The topological polar surface area (TPSA) is 103 Å². The summed E-state index contributed by atoms with van der Waals surface area (Å²) in [6, 6.07) is 17.7. The van der Waals surface area contributed by atoms with Crippen LogP contribution in [-0.2, 0) is 16.0 Å².